The lowest BCUT2D eigenvalue weighted by molar-refractivity contribution is 0.0742. The van der Waals surface area contributed by atoms with Crippen molar-refractivity contribution in [3.05, 3.63) is 29.8 Å². The van der Waals surface area contributed by atoms with E-state index in [4.69, 9.17) is 5.73 Å². The van der Waals surface area contributed by atoms with Crippen molar-refractivity contribution in [2.24, 2.45) is 11.8 Å². The Kier molecular flexibility index (Phi) is 9.11. The number of rotatable bonds is 7. The lowest BCUT2D eigenvalue weighted by Crippen LogP contribution is -2.34. The Morgan fingerprint density at radius 2 is 1.52 bits per heavy atom. The second-order valence-corrected chi connectivity index (χ2v) is 6.24. The molecule has 120 valence electrons. The average molecular weight is 313 g/mol. The van der Waals surface area contributed by atoms with Crippen LogP contribution >= 0.6 is 12.4 Å². The van der Waals surface area contributed by atoms with Crippen LogP contribution in [0.5, 0.6) is 0 Å². The normalized spacial score (nSPS) is 10.6. The monoisotopic (exact) mass is 312 g/mol. The quantitative estimate of drug-likeness (QED) is 0.766. The SMILES string of the molecule is CC(C)CCN(CCC(C)C)C(=O)c1ccccc1N.Cl. The van der Waals surface area contributed by atoms with Gasteiger partial charge in [-0.2, -0.15) is 0 Å². The van der Waals surface area contributed by atoms with Gasteiger partial charge in [-0.25, -0.2) is 0 Å². The van der Waals surface area contributed by atoms with E-state index in [0.717, 1.165) is 25.9 Å². The number of benzene rings is 1. The van der Waals surface area contributed by atoms with Crippen molar-refractivity contribution < 1.29 is 4.79 Å². The van der Waals surface area contributed by atoms with Crippen LogP contribution in [0, 0.1) is 11.8 Å². The zero-order valence-corrected chi connectivity index (χ0v) is 14.5. The molecule has 21 heavy (non-hydrogen) atoms. The molecular weight excluding hydrogens is 284 g/mol. The van der Waals surface area contributed by atoms with E-state index in [-0.39, 0.29) is 18.3 Å². The molecule has 0 bridgehead atoms. The van der Waals surface area contributed by atoms with Crippen LogP contribution in [0.1, 0.15) is 50.9 Å². The topological polar surface area (TPSA) is 46.3 Å². The van der Waals surface area contributed by atoms with Crippen molar-refractivity contribution in [1.29, 1.82) is 0 Å². The number of amides is 1. The van der Waals surface area contributed by atoms with Crippen LogP contribution in [0.2, 0.25) is 0 Å². The predicted molar refractivity (Wildman–Crippen MR) is 92.9 cm³/mol. The van der Waals surface area contributed by atoms with E-state index < -0.39 is 0 Å². The Balaban J connectivity index is 0.00000400. The van der Waals surface area contributed by atoms with E-state index in [1.165, 1.54) is 0 Å². The van der Waals surface area contributed by atoms with Gasteiger partial charge in [0.1, 0.15) is 0 Å². The lowest BCUT2D eigenvalue weighted by atomic mass is 10.1. The molecule has 0 radical (unpaired) electrons. The molecule has 0 fully saturated rings. The number of carbonyl (C=O) groups excluding carboxylic acids is 1. The Hall–Kier alpha value is -1.22. The number of nitrogen functional groups attached to an aromatic ring is 1. The number of para-hydroxylation sites is 1. The first kappa shape index (κ1) is 19.8. The number of nitrogens with zero attached hydrogens (tertiary/aromatic N) is 1. The van der Waals surface area contributed by atoms with Crippen LogP contribution in [0.25, 0.3) is 0 Å². The fourth-order valence-electron chi connectivity index (χ4n) is 2.01. The molecule has 4 heteroatoms. The maximum Gasteiger partial charge on any atom is 0.255 e. The van der Waals surface area contributed by atoms with Crippen LogP contribution in [-0.2, 0) is 0 Å². The van der Waals surface area contributed by atoms with Crippen molar-refractivity contribution in [2.75, 3.05) is 18.8 Å². The Morgan fingerprint density at radius 3 is 1.95 bits per heavy atom. The summed E-state index contributed by atoms with van der Waals surface area (Å²) in [7, 11) is 0. The Morgan fingerprint density at radius 1 is 1.05 bits per heavy atom. The summed E-state index contributed by atoms with van der Waals surface area (Å²) in [5.74, 6) is 1.25. The Bertz CT molecular complexity index is 421. The molecule has 0 unspecified atom stereocenters. The molecule has 0 aliphatic heterocycles. The van der Waals surface area contributed by atoms with Crippen LogP contribution in [-0.4, -0.2) is 23.9 Å². The summed E-state index contributed by atoms with van der Waals surface area (Å²) in [6, 6.07) is 7.33. The van der Waals surface area contributed by atoms with Gasteiger partial charge in [-0.15, -0.1) is 12.4 Å². The van der Waals surface area contributed by atoms with Crippen LogP contribution in [0.15, 0.2) is 24.3 Å². The van der Waals surface area contributed by atoms with Gasteiger partial charge in [-0.3, -0.25) is 4.79 Å². The lowest BCUT2D eigenvalue weighted by Gasteiger charge is -2.25. The summed E-state index contributed by atoms with van der Waals surface area (Å²) >= 11 is 0. The highest BCUT2D eigenvalue weighted by atomic mass is 35.5. The molecule has 0 atom stereocenters. The first-order chi connectivity index (χ1) is 9.41. The summed E-state index contributed by atoms with van der Waals surface area (Å²) in [4.78, 5) is 14.6. The van der Waals surface area contributed by atoms with E-state index >= 15 is 0 Å². The summed E-state index contributed by atoms with van der Waals surface area (Å²) < 4.78 is 0. The number of hydrogen-bond donors (Lipinski definition) is 1. The minimum atomic E-state index is 0. The van der Waals surface area contributed by atoms with Gasteiger partial charge in [-0.05, 0) is 36.8 Å². The van der Waals surface area contributed by atoms with Gasteiger partial charge in [0.25, 0.3) is 5.91 Å². The van der Waals surface area contributed by atoms with Gasteiger partial charge in [0.15, 0.2) is 0 Å². The molecule has 1 aromatic carbocycles. The number of hydrogen-bond acceptors (Lipinski definition) is 2. The zero-order valence-electron chi connectivity index (χ0n) is 13.6. The molecule has 3 nitrogen and oxygen atoms in total. The molecule has 0 aliphatic rings. The molecule has 0 saturated carbocycles. The van der Waals surface area contributed by atoms with Crippen LogP contribution in [0.4, 0.5) is 5.69 Å². The minimum absolute atomic E-state index is 0. The maximum absolute atomic E-state index is 12.6. The molecule has 2 N–H and O–H groups in total. The van der Waals surface area contributed by atoms with E-state index in [1.54, 1.807) is 6.07 Å². The van der Waals surface area contributed by atoms with E-state index in [2.05, 4.69) is 27.7 Å². The van der Waals surface area contributed by atoms with Crippen molar-refractivity contribution in [3.63, 3.8) is 0 Å². The third-order valence-corrected chi connectivity index (χ3v) is 3.43. The first-order valence-electron chi connectivity index (χ1n) is 7.55. The molecule has 0 aliphatic carbocycles. The predicted octanol–water partition coefficient (Wildman–Crippen LogP) is 4.23. The summed E-state index contributed by atoms with van der Waals surface area (Å²) in [6.45, 7) is 10.3. The van der Waals surface area contributed by atoms with Crippen molar-refractivity contribution in [2.45, 2.75) is 40.5 Å². The van der Waals surface area contributed by atoms with Gasteiger partial charge in [-0.1, -0.05) is 39.8 Å². The molecule has 1 rings (SSSR count). The number of nitrogens with two attached hydrogens (primary N) is 1. The molecule has 1 aromatic rings. The molecular formula is C17H29ClN2O. The first-order valence-corrected chi connectivity index (χ1v) is 7.55. The summed E-state index contributed by atoms with van der Waals surface area (Å²) in [5, 5.41) is 0. The molecule has 0 heterocycles. The van der Waals surface area contributed by atoms with Crippen molar-refractivity contribution in [1.82, 2.24) is 4.90 Å². The second kappa shape index (κ2) is 9.67. The van der Waals surface area contributed by atoms with E-state index in [1.807, 2.05) is 23.1 Å². The van der Waals surface area contributed by atoms with Gasteiger partial charge in [0, 0.05) is 18.8 Å². The second-order valence-electron chi connectivity index (χ2n) is 6.24. The third-order valence-electron chi connectivity index (χ3n) is 3.43. The number of halogens is 1. The van der Waals surface area contributed by atoms with Crippen LogP contribution < -0.4 is 5.73 Å². The largest absolute Gasteiger partial charge is 0.398 e. The number of anilines is 1. The van der Waals surface area contributed by atoms with Gasteiger partial charge < -0.3 is 10.6 Å². The van der Waals surface area contributed by atoms with Gasteiger partial charge in [0.05, 0.1) is 5.56 Å². The maximum atomic E-state index is 12.6. The fourth-order valence-corrected chi connectivity index (χ4v) is 2.01. The highest BCUT2D eigenvalue weighted by Gasteiger charge is 2.18. The summed E-state index contributed by atoms with van der Waals surface area (Å²) in [6.07, 6.45) is 2.05. The van der Waals surface area contributed by atoms with Gasteiger partial charge in [0.2, 0.25) is 0 Å². The smallest absolute Gasteiger partial charge is 0.255 e. The molecule has 1 amide bonds. The highest BCUT2D eigenvalue weighted by molar-refractivity contribution is 5.99. The fraction of sp³-hybridized carbons (Fsp3) is 0.588. The van der Waals surface area contributed by atoms with E-state index in [9.17, 15) is 4.79 Å². The van der Waals surface area contributed by atoms with Crippen molar-refractivity contribution in [3.8, 4) is 0 Å². The average Bonchev–Trinajstić information content (AvgIpc) is 2.38. The van der Waals surface area contributed by atoms with Crippen molar-refractivity contribution >= 4 is 24.0 Å². The minimum Gasteiger partial charge on any atom is -0.398 e. The highest BCUT2D eigenvalue weighted by Crippen LogP contribution is 2.16. The molecule has 0 aromatic heterocycles. The molecule has 0 saturated heterocycles. The zero-order chi connectivity index (χ0) is 15.1. The summed E-state index contributed by atoms with van der Waals surface area (Å²) in [5.41, 5.74) is 7.11. The molecule has 0 spiro atoms. The number of carbonyl (C=O) groups is 1. The standard InChI is InChI=1S/C17H28N2O.ClH/c1-13(2)9-11-19(12-10-14(3)4)17(20)15-7-5-6-8-16(15)18;/h5-8,13-14H,9-12,18H2,1-4H3;1H. The van der Waals surface area contributed by atoms with Crippen LogP contribution in [0.3, 0.4) is 0 Å². The van der Waals surface area contributed by atoms with Gasteiger partial charge >= 0.3 is 0 Å². The van der Waals surface area contributed by atoms with E-state index in [0.29, 0.717) is 23.1 Å². The Labute approximate surface area is 135 Å². The third kappa shape index (κ3) is 6.85.